The maximum atomic E-state index is 13.0. The predicted molar refractivity (Wildman–Crippen MR) is 118 cm³/mol. The molecule has 1 aliphatic heterocycles. The van der Waals surface area contributed by atoms with E-state index in [0.29, 0.717) is 42.3 Å². The van der Waals surface area contributed by atoms with Crippen molar-refractivity contribution in [3.8, 4) is 11.5 Å². The number of rotatable bonds is 8. The van der Waals surface area contributed by atoms with E-state index in [-0.39, 0.29) is 11.3 Å². The largest absolute Gasteiger partial charge is 0.507 e. The van der Waals surface area contributed by atoms with Crippen molar-refractivity contribution in [1.82, 2.24) is 9.80 Å². The lowest BCUT2D eigenvalue weighted by atomic mass is 9.95. The lowest BCUT2D eigenvalue weighted by Gasteiger charge is -2.26. The van der Waals surface area contributed by atoms with E-state index in [1.165, 1.54) is 4.90 Å². The van der Waals surface area contributed by atoms with Gasteiger partial charge in [0.25, 0.3) is 11.7 Å². The Morgan fingerprint density at radius 1 is 1.10 bits per heavy atom. The van der Waals surface area contributed by atoms with E-state index in [0.717, 1.165) is 0 Å². The van der Waals surface area contributed by atoms with Crippen LogP contribution in [0.3, 0.4) is 0 Å². The quantitative estimate of drug-likeness (QED) is 0.399. The highest BCUT2D eigenvalue weighted by molar-refractivity contribution is 6.46. The minimum atomic E-state index is -0.707. The van der Waals surface area contributed by atoms with E-state index in [2.05, 4.69) is 0 Å². The lowest BCUT2D eigenvalue weighted by molar-refractivity contribution is -0.140. The fourth-order valence-electron chi connectivity index (χ4n) is 3.61. The number of nitrogens with zero attached hydrogens (tertiary/aromatic N) is 2. The molecule has 0 saturated carbocycles. The molecule has 1 saturated heterocycles. The van der Waals surface area contributed by atoms with Crippen LogP contribution in [0.25, 0.3) is 5.76 Å². The first-order chi connectivity index (χ1) is 14.9. The highest BCUT2D eigenvalue weighted by atomic mass is 16.5. The number of benzene rings is 2. The molecule has 31 heavy (non-hydrogen) atoms. The minimum Gasteiger partial charge on any atom is -0.507 e. The Hall–Kier alpha value is -3.32. The van der Waals surface area contributed by atoms with E-state index in [1.807, 2.05) is 32.0 Å². The highest BCUT2D eigenvalue weighted by Gasteiger charge is 2.46. The Bertz CT molecular complexity index is 982. The van der Waals surface area contributed by atoms with Gasteiger partial charge in [-0.2, -0.15) is 0 Å². The Morgan fingerprint density at radius 3 is 2.42 bits per heavy atom. The molecule has 7 heteroatoms. The molecule has 0 bridgehead atoms. The Morgan fingerprint density at radius 2 is 1.81 bits per heavy atom. The molecule has 1 N–H and O–H groups in total. The first-order valence-electron chi connectivity index (χ1n) is 10.2. The van der Waals surface area contributed by atoms with E-state index in [1.54, 1.807) is 49.6 Å². The number of Topliss-reactive ketones (excluding diaryl/α,β-unsaturated/α-hetero) is 1. The standard InChI is InChI=1S/C24H28N2O5/c1-5-31-18-11-9-16(10-12-18)22(27)20-21(17-7-6-8-19(15-17)30-4)26(14-13-25(2)3)24(29)23(20)28/h6-12,15,21,27H,5,13-14H2,1-4H3/t21-/m1/s1. The van der Waals surface area contributed by atoms with Crippen LogP contribution in [0, 0.1) is 0 Å². The predicted octanol–water partition coefficient (Wildman–Crippen LogP) is 3.08. The van der Waals surface area contributed by atoms with Gasteiger partial charge in [-0.1, -0.05) is 12.1 Å². The molecular formula is C24H28N2O5. The number of methoxy groups -OCH3 is 1. The van der Waals surface area contributed by atoms with Crippen molar-refractivity contribution in [1.29, 1.82) is 0 Å². The fraction of sp³-hybridized carbons (Fsp3) is 0.333. The van der Waals surface area contributed by atoms with Crippen molar-refractivity contribution >= 4 is 17.4 Å². The van der Waals surface area contributed by atoms with Crippen LogP contribution < -0.4 is 9.47 Å². The number of amides is 1. The van der Waals surface area contributed by atoms with Gasteiger partial charge in [-0.05, 0) is 63.0 Å². The van der Waals surface area contributed by atoms with Gasteiger partial charge in [-0.3, -0.25) is 9.59 Å². The van der Waals surface area contributed by atoms with Crippen LogP contribution in [0.5, 0.6) is 11.5 Å². The van der Waals surface area contributed by atoms with Crippen LogP contribution in [0.1, 0.15) is 24.1 Å². The summed E-state index contributed by atoms with van der Waals surface area (Å²) >= 11 is 0. The minimum absolute atomic E-state index is 0.0705. The molecule has 0 radical (unpaired) electrons. The van der Waals surface area contributed by atoms with Crippen LogP contribution in [0.15, 0.2) is 54.1 Å². The number of likely N-dealkylation sites (N-methyl/N-ethyl adjacent to an activating group) is 1. The summed E-state index contributed by atoms with van der Waals surface area (Å²) in [6.45, 7) is 3.34. The molecule has 1 aliphatic rings. The molecular weight excluding hydrogens is 396 g/mol. The van der Waals surface area contributed by atoms with Gasteiger partial charge in [0.15, 0.2) is 0 Å². The summed E-state index contributed by atoms with van der Waals surface area (Å²) in [5.41, 5.74) is 1.22. The molecule has 0 spiro atoms. The number of aliphatic hydroxyl groups excluding tert-OH is 1. The smallest absolute Gasteiger partial charge is 0.295 e. The molecule has 2 aromatic carbocycles. The molecule has 164 valence electrons. The first-order valence-corrected chi connectivity index (χ1v) is 10.2. The molecule has 1 fully saturated rings. The topological polar surface area (TPSA) is 79.3 Å². The van der Waals surface area contributed by atoms with Crippen molar-refractivity contribution in [2.75, 3.05) is 40.9 Å². The van der Waals surface area contributed by atoms with E-state index >= 15 is 0 Å². The number of hydrogen-bond donors (Lipinski definition) is 1. The lowest BCUT2D eigenvalue weighted by Crippen LogP contribution is -2.35. The van der Waals surface area contributed by atoms with Crippen molar-refractivity contribution in [2.45, 2.75) is 13.0 Å². The SMILES string of the molecule is CCOc1ccc(C(O)=C2C(=O)C(=O)N(CCN(C)C)[C@@H]2c2cccc(OC)c2)cc1. The van der Waals surface area contributed by atoms with Gasteiger partial charge in [-0.15, -0.1) is 0 Å². The van der Waals surface area contributed by atoms with Gasteiger partial charge in [0.2, 0.25) is 0 Å². The molecule has 0 unspecified atom stereocenters. The summed E-state index contributed by atoms with van der Waals surface area (Å²) < 4.78 is 10.8. The molecule has 2 aromatic rings. The molecule has 1 amide bonds. The van der Waals surface area contributed by atoms with E-state index in [9.17, 15) is 14.7 Å². The number of carbonyl (C=O) groups is 2. The Labute approximate surface area is 182 Å². The van der Waals surface area contributed by atoms with Gasteiger partial charge in [-0.25, -0.2) is 0 Å². The number of carbonyl (C=O) groups excluding carboxylic acids is 2. The number of aliphatic hydroxyl groups is 1. The fourth-order valence-corrected chi connectivity index (χ4v) is 3.61. The summed E-state index contributed by atoms with van der Waals surface area (Å²) in [4.78, 5) is 29.4. The van der Waals surface area contributed by atoms with Crippen LogP contribution in [-0.2, 0) is 9.59 Å². The monoisotopic (exact) mass is 424 g/mol. The summed E-state index contributed by atoms with van der Waals surface area (Å²) in [5, 5.41) is 11.1. The zero-order chi connectivity index (χ0) is 22.5. The van der Waals surface area contributed by atoms with Gasteiger partial charge < -0.3 is 24.4 Å². The van der Waals surface area contributed by atoms with Crippen molar-refractivity contribution in [3.05, 3.63) is 65.2 Å². The molecule has 3 rings (SSSR count). The third kappa shape index (κ3) is 4.72. The zero-order valence-corrected chi connectivity index (χ0v) is 18.3. The van der Waals surface area contributed by atoms with Gasteiger partial charge >= 0.3 is 0 Å². The van der Waals surface area contributed by atoms with Gasteiger partial charge in [0, 0.05) is 18.7 Å². The second kappa shape index (κ2) is 9.66. The first kappa shape index (κ1) is 22.4. The van der Waals surface area contributed by atoms with Crippen LogP contribution >= 0.6 is 0 Å². The summed E-state index contributed by atoms with van der Waals surface area (Å²) in [5.74, 6) is -0.256. The van der Waals surface area contributed by atoms with Crippen molar-refractivity contribution in [2.24, 2.45) is 0 Å². The molecule has 1 atom stereocenters. The van der Waals surface area contributed by atoms with E-state index in [4.69, 9.17) is 9.47 Å². The maximum absolute atomic E-state index is 13.0. The highest BCUT2D eigenvalue weighted by Crippen LogP contribution is 2.40. The number of hydrogen-bond acceptors (Lipinski definition) is 6. The third-order valence-electron chi connectivity index (χ3n) is 5.18. The van der Waals surface area contributed by atoms with Crippen LogP contribution in [0.2, 0.25) is 0 Å². The number of ketones is 1. The molecule has 0 aliphatic carbocycles. The van der Waals surface area contributed by atoms with Gasteiger partial charge in [0.1, 0.15) is 17.3 Å². The maximum Gasteiger partial charge on any atom is 0.295 e. The average molecular weight is 424 g/mol. The number of ether oxygens (including phenoxy) is 2. The average Bonchev–Trinajstić information content (AvgIpc) is 3.02. The van der Waals surface area contributed by atoms with Gasteiger partial charge in [0.05, 0.1) is 25.3 Å². The second-order valence-corrected chi connectivity index (χ2v) is 7.53. The summed E-state index contributed by atoms with van der Waals surface area (Å²) in [6, 6.07) is 13.3. The molecule has 1 heterocycles. The zero-order valence-electron chi connectivity index (χ0n) is 18.3. The van der Waals surface area contributed by atoms with Crippen LogP contribution in [-0.4, -0.2) is 67.5 Å². The Kier molecular flexibility index (Phi) is 6.97. The molecule has 0 aromatic heterocycles. The van der Waals surface area contributed by atoms with Crippen molar-refractivity contribution < 1.29 is 24.2 Å². The van der Waals surface area contributed by atoms with Crippen LogP contribution in [0.4, 0.5) is 0 Å². The Balaban J connectivity index is 2.11. The normalized spacial score (nSPS) is 18.0. The third-order valence-corrected chi connectivity index (χ3v) is 5.18. The van der Waals surface area contributed by atoms with Crippen molar-refractivity contribution in [3.63, 3.8) is 0 Å². The summed E-state index contributed by atoms with van der Waals surface area (Å²) in [6.07, 6.45) is 0. The van der Waals surface area contributed by atoms with E-state index < -0.39 is 17.7 Å². The second-order valence-electron chi connectivity index (χ2n) is 7.53. The molecule has 7 nitrogen and oxygen atoms in total. The number of likely N-dealkylation sites (tertiary alicyclic amines) is 1. The summed E-state index contributed by atoms with van der Waals surface area (Å²) in [7, 11) is 5.36.